The van der Waals surface area contributed by atoms with Crippen molar-refractivity contribution in [3.63, 3.8) is 0 Å². The van der Waals surface area contributed by atoms with Crippen molar-refractivity contribution in [2.75, 3.05) is 14.2 Å². The molecule has 0 radical (unpaired) electrons. The average molecular weight is 309 g/mol. The molecule has 0 fully saturated rings. The highest BCUT2D eigenvalue weighted by Gasteiger charge is 2.17. The van der Waals surface area contributed by atoms with E-state index in [-0.39, 0.29) is 12.2 Å². The van der Waals surface area contributed by atoms with Gasteiger partial charge in [-0.3, -0.25) is 9.48 Å². The highest BCUT2D eigenvalue weighted by atomic mass is 35.5. The highest BCUT2D eigenvalue weighted by Crippen LogP contribution is 2.28. The number of benzene rings is 1. The summed E-state index contributed by atoms with van der Waals surface area (Å²) >= 11 is 6.16. The second kappa shape index (κ2) is 6.18. The number of rotatable bonds is 5. The van der Waals surface area contributed by atoms with Crippen molar-refractivity contribution in [1.82, 2.24) is 9.78 Å². The Balaban J connectivity index is 2.28. The molecule has 0 spiro atoms. The molecule has 2 aromatic rings. The summed E-state index contributed by atoms with van der Waals surface area (Å²) in [6, 6.07) is 5.09. The van der Waals surface area contributed by atoms with Gasteiger partial charge in [0.25, 0.3) is 0 Å². The number of hydrogen-bond acceptors (Lipinski definition) is 4. The lowest BCUT2D eigenvalue weighted by Gasteiger charge is -2.09. The zero-order chi connectivity index (χ0) is 15.6. The Labute approximate surface area is 128 Å². The van der Waals surface area contributed by atoms with Gasteiger partial charge in [-0.25, -0.2) is 0 Å². The predicted octanol–water partition coefficient (Wildman–Crippen LogP) is 2.82. The monoisotopic (exact) mass is 308 g/mol. The number of ether oxygens (including phenoxy) is 2. The van der Waals surface area contributed by atoms with Crippen molar-refractivity contribution in [3.8, 4) is 11.5 Å². The van der Waals surface area contributed by atoms with Crippen molar-refractivity contribution >= 4 is 17.4 Å². The second-order valence-corrected chi connectivity index (χ2v) is 5.01. The Morgan fingerprint density at radius 3 is 2.48 bits per heavy atom. The van der Waals surface area contributed by atoms with Crippen molar-refractivity contribution in [2.45, 2.75) is 13.3 Å². The minimum Gasteiger partial charge on any atom is -0.493 e. The predicted molar refractivity (Wildman–Crippen MR) is 80.5 cm³/mol. The third-order valence-corrected chi connectivity index (χ3v) is 3.79. The van der Waals surface area contributed by atoms with Gasteiger partial charge in [-0.2, -0.15) is 5.10 Å². The summed E-state index contributed by atoms with van der Waals surface area (Å²) in [6.45, 7) is 1.84. The van der Waals surface area contributed by atoms with Gasteiger partial charge in [0.2, 0.25) is 0 Å². The van der Waals surface area contributed by atoms with E-state index in [0.717, 1.165) is 11.3 Å². The molecule has 5 nitrogen and oxygen atoms in total. The number of methoxy groups -OCH3 is 2. The van der Waals surface area contributed by atoms with Crippen LogP contribution in [0.4, 0.5) is 0 Å². The summed E-state index contributed by atoms with van der Waals surface area (Å²) in [7, 11) is 4.84. The Bertz CT molecular complexity index is 680. The van der Waals surface area contributed by atoms with Crippen LogP contribution in [0.3, 0.4) is 0 Å². The maximum atomic E-state index is 12.4. The molecule has 0 saturated carbocycles. The van der Waals surface area contributed by atoms with Crippen LogP contribution in [-0.2, 0) is 13.5 Å². The number of aryl methyl sites for hydroxylation is 2. The van der Waals surface area contributed by atoms with Crippen molar-refractivity contribution in [1.29, 1.82) is 0 Å². The third kappa shape index (κ3) is 3.03. The quantitative estimate of drug-likeness (QED) is 0.797. The van der Waals surface area contributed by atoms with E-state index >= 15 is 0 Å². The number of carbonyl (C=O) groups excluding carboxylic acids is 1. The number of Topliss-reactive ketones (excluding diaryl/α,β-unsaturated/α-hetero) is 1. The van der Waals surface area contributed by atoms with E-state index in [1.165, 1.54) is 7.11 Å². The maximum absolute atomic E-state index is 12.4. The number of halogens is 1. The molecule has 1 heterocycles. The molecular formula is C15H17ClN2O3. The van der Waals surface area contributed by atoms with E-state index in [1.807, 2.05) is 6.92 Å². The molecule has 0 aliphatic carbocycles. The van der Waals surface area contributed by atoms with Crippen LogP contribution in [0.5, 0.6) is 11.5 Å². The lowest BCUT2D eigenvalue weighted by atomic mass is 10.0. The van der Waals surface area contributed by atoms with Gasteiger partial charge in [0.1, 0.15) is 5.15 Å². The first-order chi connectivity index (χ1) is 9.97. The molecule has 0 saturated heterocycles. The third-order valence-electron chi connectivity index (χ3n) is 3.31. The van der Waals surface area contributed by atoms with E-state index in [1.54, 1.807) is 37.0 Å². The summed E-state index contributed by atoms with van der Waals surface area (Å²) in [4.78, 5) is 12.4. The van der Waals surface area contributed by atoms with Gasteiger partial charge in [0, 0.05) is 24.6 Å². The fourth-order valence-corrected chi connectivity index (χ4v) is 2.39. The first-order valence-electron chi connectivity index (χ1n) is 6.41. The molecule has 0 atom stereocenters. The topological polar surface area (TPSA) is 53.3 Å². The lowest BCUT2D eigenvalue weighted by Crippen LogP contribution is -2.05. The zero-order valence-corrected chi connectivity index (χ0v) is 13.2. The smallest absolute Gasteiger partial charge is 0.167 e. The first-order valence-corrected chi connectivity index (χ1v) is 6.79. The molecule has 6 heteroatoms. The summed E-state index contributed by atoms with van der Waals surface area (Å²) in [5.41, 5.74) is 2.06. The fourth-order valence-electron chi connectivity index (χ4n) is 2.15. The normalized spacial score (nSPS) is 10.5. The van der Waals surface area contributed by atoms with Crippen molar-refractivity contribution in [3.05, 3.63) is 40.2 Å². The van der Waals surface area contributed by atoms with E-state index in [0.29, 0.717) is 22.2 Å². The van der Waals surface area contributed by atoms with E-state index in [9.17, 15) is 4.79 Å². The molecule has 112 valence electrons. The van der Waals surface area contributed by atoms with Gasteiger partial charge in [0.05, 0.1) is 19.9 Å². The van der Waals surface area contributed by atoms with Crippen LogP contribution in [0.15, 0.2) is 18.2 Å². The van der Waals surface area contributed by atoms with Crippen LogP contribution in [0.1, 0.15) is 21.6 Å². The molecule has 0 amide bonds. The number of carbonyl (C=O) groups is 1. The summed E-state index contributed by atoms with van der Waals surface area (Å²) in [5, 5.41) is 4.69. The maximum Gasteiger partial charge on any atom is 0.167 e. The fraction of sp³-hybridized carbons (Fsp3) is 0.333. The average Bonchev–Trinajstić information content (AvgIpc) is 2.72. The van der Waals surface area contributed by atoms with Crippen molar-refractivity contribution < 1.29 is 14.3 Å². The van der Waals surface area contributed by atoms with Crippen LogP contribution in [0.2, 0.25) is 5.15 Å². The molecule has 1 aromatic carbocycles. The SMILES string of the molecule is COc1ccc(C(=O)Cc2c(C)nn(C)c2Cl)cc1OC. The minimum atomic E-state index is -0.0473. The van der Waals surface area contributed by atoms with Crippen LogP contribution < -0.4 is 9.47 Å². The number of hydrogen-bond donors (Lipinski definition) is 0. The second-order valence-electron chi connectivity index (χ2n) is 4.65. The van der Waals surface area contributed by atoms with E-state index in [4.69, 9.17) is 21.1 Å². The Kier molecular flexibility index (Phi) is 4.53. The largest absolute Gasteiger partial charge is 0.493 e. The van der Waals surface area contributed by atoms with Crippen LogP contribution >= 0.6 is 11.6 Å². The molecule has 0 bridgehead atoms. The van der Waals surface area contributed by atoms with E-state index < -0.39 is 0 Å². The molecule has 2 rings (SSSR count). The van der Waals surface area contributed by atoms with Gasteiger partial charge in [-0.15, -0.1) is 0 Å². The minimum absolute atomic E-state index is 0.0473. The zero-order valence-electron chi connectivity index (χ0n) is 12.4. The number of nitrogens with zero attached hydrogens (tertiary/aromatic N) is 2. The molecule has 1 aromatic heterocycles. The van der Waals surface area contributed by atoms with Crippen LogP contribution in [-0.4, -0.2) is 29.8 Å². The molecule has 0 aliphatic rings. The summed E-state index contributed by atoms with van der Waals surface area (Å²) < 4.78 is 11.9. The first kappa shape index (κ1) is 15.4. The van der Waals surface area contributed by atoms with Crippen molar-refractivity contribution in [2.24, 2.45) is 7.05 Å². The Morgan fingerprint density at radius 1 is 1.29 bits per heavy atom. The van der Waals surface area contributed by atoms with Crippen LogP contribution in [0, 0.1) is 6.92 Å². The molecule has 0 N–H and O–H groups in total. The molecule has 0 aliphatic heterocycles. The summed E-state index contributed by atoms with van der Waals surface area (Å²) in [5.74, 6) is 1.07. The Hall–Kier alpha value is -2.01. The van der Waals surface area contributed by atoms with Gasteiger partial charge < -0.3 is 9.47 Å². The molecule has 21 heavy (non-hydrogen) atoms. The lowest BCUT2D eigenvalue weighted by molar-refractivity contribution is 0.0992. The van der Waals surface area contributed by atoms with Gasteiger partial charge in [-0.05, 0) is 25.1 Å². The van der Waals surface area contributed by atoms with Gasteiger partial charge in [0.15, 0.2) is 17.3 Å². The molecular weight excluding hydrogens is 292 g/mol. The van der Waals surface area contributed by atoms with E-state index in [2.05, 4.69) is 5.10 Å². The van der Waals surface area contributed by atoms with Crippen LogP contribution in [0.25, 0.3) is 0 Å². The van der Waals surface area contributed by atoms with Gasteiger partial charge in [-0.1, -0.05) is 11.6 Å². The molecule has 0 unspecified atom stereocenters. The number of aromatic nitrogens is 2. The summed E-state index contributed by atoms with van der Waals surface area (Å²) in [6.07, 6.45) is 0.202. The van der Waals surface area contributed by atoms with Gasteiger partial charge >= 0.3 is 0 Å². The number of ketones is 1. The highest BCUT2D eigenvalue weighted by molar-refractivity contribution is 6.30. The Morgan fingerprint density at radius 2 is 1.95 bits per heavy atom. The standard InChI is InChI=1S/C15H17ClN2O3/c1-9-11(15(16)18(2)17-9)8-12(19)10-5-6-13(20-3)14(7-10)21-4/h5-7H,8H2,1-4H3.